The summed E-state index contributed by atoms with van der Waals surface area (Å²) < 4.78 is 6.55. The van der Waals surface area contributed by atoms with Crippen molar-refractivity contribution < 1.29 is 14.6 Å². The zero-order valence-corrected chi connectivity index (χ0v) is 11.6. The number of ether oxygens (including phenoxy) is 1. The van der Waals surface area contributed by atoms with Crippen LogP contribution in [-0.4, -0.2) is 23.1 Å². The Hall–Kier alpha value is -0.520. The number of hydrogen-bond donors (Lipinski definition) is 1. The smallest absolute Gasteiger partial charge is 0.335 e. The molecular formula is C12H13BrO3S. The topological polar surface area (TPSA) is 46.5 Å². The Balaban J connectivity index is 2.13. The van der Waals surface area contributed by atoms with Gasteiger partial charge in [0.25, 0.3) is 0 Å². The van der Waals surface area contributed by atoms with Gasteiger partial charge >= 0.3 is 5.97 Å². The van der Waals surface area contributed by atoms with Gasteiger partial charge in [-0.05, 0) is 53.4 Å². The number of carboxylic acids is 1. The van der Waals surface area contributed by atoms with Crippen molar-refractivity contribution in [3.8, 4) is 0 Å². The van der Waals surface area contributed by atoms with E-state index in [1.54, 1.807) is 30.0 Å². The summed E-state index contributed by atoms with van der Waals surface area (Å²) in [6, 6.07) is 5.06. The third kappa shape index (κ3) is 3.47. The minimum atomic E-state index is -0.899. The second kappa shape index (κ2) is 5.89. The van der Waals surface area contributed by atoms with Gasteiger partial charge in [0, 0.05) is 16.0 Å². The summed E-state index contributed by atoms with van der Waals surface area (Å²) in [4.78, 5) is 11.8. The molecule has 0 amide bonds. The number of thioether (sulfide) groups is 1. The van der Waals surface area contributed by atoms with Gasteiger partial charge in [-0.2, -0.15) is 0 Å². The lowest BCUT2D eigenvalue weighted by Gasteiger charge is -2.22. The van der Waals surface area contributed by atoms with Crippen molar-refractivity contribution in [1.82, 2.24) is 0 Å². The van der Waals surface area contributed by atoms with Crippen LogP contribution in [0.2, 0.25) is 0 Å². The van der Waals surface area contributed by atoms with Crippen LogP contribution in [0.5, 0.6) is 0 Å². The van der Waals surface area contributed by atoms with Crippen molar-refractivity contribution in [1.29, 1.82) is 0 Å². The minimum Gasteiger partial charge on any atom is -0.478 e. The minimum absolute atomic E-state index is 0.143. The first kappa shape index (κ1) is 12.9. The van der Waals surface area contributed by atoms with Gasteiger partial charge in [-0.15, -0.1) is 0 Å². The number of halogens is 1. The van der Waals surface area contributed by atoms with Gasteiger partial charge in [-0.1, -0.05) is 11.8 Å². The molecule has 0 aliphatic carbocycles. The number of aromatic carboxylic acids is 1. The molecule has 0 radical (unpaired) electrons. The molecule has 1 aromatic rings. The molecular weight excluding hydrogens is 304 g/mol. The predicted octanol–water partition coefficient (Wildman–Crippen LogP) is 3.77. The van der Waals surface area contributed by atoms with Crippen LogP contribution < -0.4 is 0 Å². The van der Waals surface area contributed by atoms with Crippen molar-refractivity contribution in [3.05, 3.63) is 28.2 Å². The number of rotatable bonds is 3. The van der Waals surface area contributed by atoms with Gasteiger partial charge in [0.15, 0.2) is 0 Å². The van der Waals surface area contributed by atoms with Crippen LogP contribution in [0.1, 0.15) is 29.6 Å². The first-order chi connectivity index (χ1) is 8.16. The quantitative estimate of drug-likeness (QED) is 0.922. The monoisotopic (exact) mass is 316 g/mol. The Morgan fingerprint density at radius 1 is 1.47 bits per heavy atom. The maximum Gasteiger partial charge on any atom is 0.335 e. The number of hydrogen-bond acceptors (Lipinski definition) is 3. The maximum atomic E-state index is 10.9. The predicted molar refractivity (Wildman–Crippen MR) is 70.5 cm³/mol. The second-order valence-corrected chi connectivity index (χ2v) is 5.92. The molecule has 1 aliphatic rings. The zero-order chi connectivity index (χ0) is 12.3. The van der Waals surface area contributed by atoms with E-state index in [0.717, 1.165) is 28.8 Å². The van der Waals surface area contributed by atoms with E-state index in [-0.39, 0.29) is 5.44 Å². The third-order valence-corrected chi connectivity index (χ3v) is 4.75. The molecule has 1 atom stereocenters. The number of carboxylic acid groups (broad SMARTS) is 1. The first-order valence-electron chi connectivity index (χ1n) is 5.48. The molecule has 3 nitrogen and oxygen atoms in total. The van der Waals surface area contributed by atoms with E-state index in [4.69, 9.17) is 9.84 Å². The Morgan fingerprint density at radius 2 is 2.29 bits per heavy atom. The van der Waals surface area contributed by atoms with E-state index in [2.05, 4.69) is 15.9 Å². The van der Waals surface area contributed by atoms with E-state index >= 15 is 0 Å². The summed E-state index contributed by atoms with van der Waals surface area (Å²) in [5.41, 5.74) is 0.454. The molecule has 1 aliphatic heterocycles. The van der Waals surface area contributed by atoms with E-state index in [1.165, 1.54) is 6.42 Å². The Kier molecular flexibility index (Phi) is 4.48. The molecule has 1 heterocycles. The molecule has 2 rings (SSSR count). The highest BCUT2D eigenvalue weighted by Gasteiger charge is 2.17. The van der Waals surface area contributed by atoms with Gasteiger partial charge in [-0.3, -0.25) is 0 Å². The van der Waals surface area contributed by atoms with E-state index in [1.807, 2.05) is 0 Å². The average Bonchev–Trinajstić information content (AvgIpc) is 2.33. The lowest BCUT2D eigenvalue weighted by molar-refractivity contribution is 0.0695. The standard InChI is InChI=1S/C12H13BrO3S/c13-9-5-4-8(12(14)15)7-10(9)17-11-3-1-2-6-16-11/h4-5,7,11H,1-3,6H2,(H,14,15). The summed E-state index contributed by atoms with van der Waals surface area (Å²) in [6.45, 7) is 0.800. The highest BCUT2D eigenvalue weighted by molar-refractivity contribution is 9.10. The van der Waals surface area contributed by atoms with Gasteiger partial charge < -0.3 is 9.84 Å². The van der Waals surface area contributed by atoms with Crippen molar-refractivity contribution in [2.24, 2.45) is 0 Å². The molecule has 1 N–H and O–H groups in total. The van der Waals surface area contributed by atoms with Crippen molar-refractivity contribution in [2.75, 3.05) is 6.61 Å². The van der Waals surface area contributed by atoms with E-state index < -0.39 is 5.97 Å². The van der Waals surface area contributed by atoms with Crippen molar-refractivity contribution >= 4 is 33.7 Å². The maximum absolute atomic E-state index is 10.9. The molecule has 1 saturated heterocycles. The van der Waals surface area contributed by atoms with Crippen LogP contribution in [-0.2, 0) is 4.74 Å². The van der Waals surface area contributed by atoms with Crippen LogP contribution >= 0.6 is 27.7 Å². The van der Waals surface area contributed by atoms with Crippen LogP contribution in [0.3, 0.4) is 0 Å². The highest BCUT2D eigenvalue weighted by atomic mass is 79.9. The van der Waals surface area contributed by atoms with Crippen LogP contribution in [0.4, 0.5) is 0 Å². The molecule has 5 heteroatoms. The number of benzene rings is 1. The second-order valence-electron chi connectivity index (χ2n) is 3.86. The summed E-state index contributed by atoms with van der Waals surface area (Å²) in [7, 11) is 0. The average molecular weight is 317 g/mol. The largest absolute Gasteiger partial charge is 0.478 e. The third-order valence-electron chi connectivity index (χ3n) is 2.57. The van der Waals surface area contributed by atoms with E-state index in [9.17, 15) is 4.79 Å². The lowest BCUT2D eigenvalue weighted by Crippen LogP contribution is -2.15. The molecule has 0 bridgehead atoms. The fourth-order valence-corrected chi connectivity index (χ4v) is 3.31. The van der Waals surface area contributed by atoms with Gasteiger partial charge in [0.05, 0.1) is 5.56 Å². The fourth-order valence-electron chi connectivity index (χ4n) is 1.67. The van der Waals surface area contributed by atoms with Crippen LogP contribution in [0.15, 0.2) is 27.6 Å². The Bertz CT molecular complexity index is 416. The first-order valence-corrected chi connectivity index (χ1v) is 7.15. The van der Waals surface area contributed by atoms with Crippen molar-refractivity contribution in [3.63, 3.8) is 0 Å². The summed E-state index contributed by atoms with van der Waals surface area (Å²) in [5, 5.41) is 8.95. The molecule has 17 heavy (non-hydrogen) atoms. The van der Waals surface area contributed by atoms with Gasteiger partial charge in [0.2, 0.25) is 0 Å². The molecule has 1 fully saturated rings. The SMILES string of the molecule is O=C(O)c1ccc(Br)c(SC2CCCCO2)c1. The van der Waals surface area contributed by atoms with E-state index in [0.29, 0.717) is 5.56 Å². The number of carbonyl (C=O) groups is 1. The van der Waals surface area contributed by atoms with Crippen molar-refractivity contribution in [2.45, 2.75) is 29.6 Å². The normalized spacial score (nSPS) is 20.2. The van der Waals surface area contributed by atoms with Gasteiger partial charge in [-0.25, -0.2) is 4.79 Å². The summed E-state index contributed by atoms with van der Waals surface area (Å²) in [6.07, 6.45) is 3.32. The van der Waals surface area contributed by atoms with Crippen LogP contribution in [0, 0.1) is 0 Å². The van der Waals surface area contributed by atoms with Crippen LogP contribution in [0.25, 0.3) is 0 Å². The highest BCUT2D eigenvalue weighted by Crippen LogP contribution is 2.35. The Labute approximate surface area is 113 Å². The Morgan fingerprint density at radius 3 is 2.94 bits per heavy atom. The summed E-state index contributed by atoms with van der Waals surface area (Å²) >= 11 is 5.03. The molecule has 1 aromatic carbocycles. The molecule has 0 saturated carbocycles. The molecule has 1 unspecified atom stereocenters. The lowest BCUT2D eigenvalue weighted by atomic mass is 10.2. The molecule has 0 aromatic heterocycles. The zero-order valence-electron chi connectivity index (χ0n) is 9.19. The van der Waals surface area contributed by atoms with Gasteiger partial charge in [0.1, 0.15) is 5.44 Å². The summed E-state index contributed by atoms with van der Waals surface area (Å²) in [5.74, 6) is -0.899. The molecule has 0 spiro atoms. The fraction of sp³-hybridized carbons (Fsp3) is 0.417. The molecule has 92 valence electrons.